The number of amides is 1. The number of aryl methyl sites for hydroxylation is 5. The van der Waals surface area contributed by atoms with Gasteiger partial charge >= 0.3 is 0 Å². The molecule has 1 amide bonds. The quantitative estimate of drug-likeness (QED) is 0.0271. The molecule has 144 heavy (non-hydrogen) atoms. The zero-order valence-electron chi connectivity index (χ0n) is 78.7. The summed E-state index contributed by atoms with van der Waals surface area (Å²) in [5.74, 6) is 3.54. The average Bonchev–Trinajstić information content (AvgIpc) is 1.63. The number of primary amides is 1. The first kappa shape index (κ1) is 91.9. The number of nitrogens with one attached hydrogen (secondary N) is 8. The molecular formula is C98H95N43OS2. The van der Waals surface area contributed by atoms with Crippen LogP contribution in [0.1, 0.15) is 70.8 Å². The van der Waals surface area contributed by atoms with Gasteiger partial charge in [0.1, 0.15) is 21.8 Å². The first-order valence-corrected chi connectivity index (χ1v) is 47.6. The number of hydrogen-bond donors (Lipinski definition) is 9. The Balaban J connectivity index is 0.000000106. The summed E-state index contributed by atoms with van der Waals surface area (Å²) in [5, 5.41) is 59.4. The molecule has 0 saturated carbocycles. The minimum absolute atomic E-state index is 0.128. The van der Waals surface area contributed by atoms with Gasteiger partial charge in [0.2, 0.25) is 0 Å². The van der Waals surface area contributed by atoms with E-state index in [2.05, 4.69) is 165 Å². The Morgan fingerprint density at radius 1 is 0.417 bits per heavy atom. The molecule has 23 aromatic rings. The van der Waals surface area contributed by atoms with Crippen molar-refractivity contribution in [2.45, 2.75) is 43.9 Å². The van der Waals surface area contributed by atoms with Crippen LogP contribution in [0.3, 0.4) is 0 Å². The van der Waals surface area contributed by atoms with Crippen molar-refractivity contribution in [1.29, 1.82) is 5.26 Å². The number of carbonyl (C=O) groups excluding carboxylic acids is 1. The molecule has 2 aliphatic rings. The molecule has 720 valence electrons. The molecule has 20 aromatic heterocycles. The standard InChI is InChI=1S/C22H23N9.C20H17N9O.C20H15N9.2C18H20N8S/c1-23-8-7-18-14-31-20(16-11-26-29(2)13-16)12-25-22(31)21(28-18)27-17-3-5-19(6-4-17)30-10-9-24-15-30;1-27-10-13(8-24-27)17-9-23-20-19(26-16(18(21)30)11-29(17)20)25-14-2-4-15(5-3-14)28-7-6-22-12-28;1-27-11-14(9-24-27)18-10-23-20-19(26-16(8-21)12-29(18)20)25-15-2-4-17(5-3-15)28-7-6-22-13-28;1-25-11-13(9-22-25)15-10-21-18-17(20-6-7-26(15)18)23-16-8-14(24-27-16)12-2-4-19-5-3-12;1-25-11-13(9-22-25)15-10-21-18-17(20-5-6-26(15)18)23-16-7-14(24-27-16)12-3-2-4-19-8-12/h3-6,9-15,23H,7-8H2,1-2H3,(H,27,28);2-12H,1H3,(H2,21,30)(H,25,26);2-7,9-13H,1H3,(H,25,26);6-12,19H,2-5H2,1H3,(H,20,23);5-7,9-12,19H,2-4,8H2,1H3,(H,20,23). The number of nitriles is 1. The third-order valence-corrected chi connectivity index (χ3v) is 25.6. The van der Waals surface area contributed by atoms with Crippen molar-refractivity contribution in [1.82, 2.24) is 174 Å². The van der Waals surface area contributed by atoms with Crippen molar-refractivity contribution >= 4 is 113 Å². The molecule has 0 aliphatic carbocycles. The molecule has 0 radical (unpaired) electrons. The molecule has 2 fully saturated rings. The highest BCUT2D eigenvalue weighted by atomic mass is 32.1. The van der Waals surface area contributed by atoms with E-state index in [9.17, 15) is 10.1 Å². The summed E-state index contributed by atoms with van der Waals surface area (Å²) in [5.41, 5.74) is 27.8. The van der Waals surface area contributed by atoms with Crippen LogP contribution in [-0.2, 0) is 41.7 Å². The van der Waals surface area contributed by atoms with Gasteiger partial charge < -0.3 is 62.0 Å². The number of nitrogens with zero attached hydrogens (tertiary/aromatic N) is 34. The predicted octanol–water partition coefficient (Wildman–Crippen LogP) is 13.5. The molecule has 44 nitrogen and oxygen atoms in total. The number of piperidine rings is 2. The molecule has 46 heteroatoms. The van der Waals surface area contributed by atoms with Crippen molar-refractivity contribution in [3.8, 4) is 79.4 Å². The number of carbonyl (C=O) groups is 1. The van der Waals surface area contributed by atoms with E-state index in [1.54, 1.807) is 115 Å². The highest BCUT2D eigenvalue weighted by Crippen LogP contribution is 2.37. The van der Waals surface area contributed by atoms with Crippen molar-refractivity contribution < 1.29 is 4.79 Å². The van der Waals surface area contributed by atoms with Gasteiger partial charge in [-0.1, -0.05) is 0 Å². The highest BCUT2D eigenvalue weighted by molar-refractivity contribution is 7.10. The number of imidazole rings is 8. The van der Waals surface area contributed by atoms with Crippen LogP contribution in [0.25, 0.3) is 102 Å². The summed E-state index contributed by atoms with van der Waals surface area (Å²) in [7, 11) is 11.4. The molecule has 25 rings (SSSR count). The lowest BCUT2D eigenvalue weighted by Crippen LogP contribution is -2.28. The van der Waals surface area contributed by atoms with Gasteiger partial charge in [0.15, 0.2) is 63.0 Å². The van der Waals surface area contributed by atoms with Gasteiger partial charge in [0, 0.05) is 240 Å². The molecule has 10 N–H and O–H groups in total. The fourth-order valence-electron chi connectivity index (χ4n) is 17.0. The third-order valence-electron chi connectivity index (χ3n) is 24.2. The van der Waals surface area contributed by atoms with Gasteiger partial charge in [-0.05, 0) is 160 Å². The molecule has 3 aromatic carbocycles. The maximum Gasteiger partial charge on any atom is 0.268 e. The van der Waals surface area contributed by atoms with Crippen molar-refractivity contribution in [3.05, 3.63) is 306 Å². The van der Waals surface area contributed by atoms with E-state index >= 15 is 0 Å². The molecule has 1 atom stereocenters. The van der Waals surface area contributed by atoms with E-state index in [0.717, 1.165) is 198 Å². The fourth-order valence-corrected chi connectivity index (χ4v) is 18.4. The first-order valence-electron chi connectivity index (χ1n) is 46.1. The minimum atomic E-state index is -0.624. The highest BCUT2D eigenvalue weighted by Gasteiger charge is 2.25. The number of fused-ring (bicyclic) bond motifs is 5. The zero-order valence-corrected chi connectivity index (χ0v) is 80.3. The van der Waals surface area contributed by atoms with Gasteiger partial charge in [-0.3, -0.25) is 50.2 Å². The van der Waals surface area contributed by atoms with Crippen LogP contribution in [-0.4, -0.2) is 204 Å². The Morgan fingerprint density at radius 2 is 0.806 bits per heavy atom. The number of aromatic nitrogens is 33. The van der Waals surface area contributed by atoms with Gasteiger partial charge in [-0.15, -0.1) is 0 Å². The lowest BCUT2D eigenvalue weighted by molar-refractivity contribution is 0.0995. The van der Waals surface area contributed by atoms with E-state index in [-0.39, 0.29) is 11.4 Å². The van der Waals surface area contributed by atoms with Crippen LogP contribution in [0.15, 0.2) is 277 Å². The topological polar surface area (TPSA) is 482 Å². The maximum absolute atomic E-state index is 11.9. The first-order chi connectivity index (χ1) is 70.5. The van der Waals surface area contributed by atoms with Crippen molar-refractivity contribution in [2.75, 3.05) is 66.4 Å². The van der Waals surface area contributed by atoms with E-state index in [1.807, 2.05) is 241 Å². The van der Waals surface area contributed by atoms with Crippen LogP contribution >= 0.6 is 23.1 Å². The molecule has 1 unspecified atom stereocenters. The number of rotatable bonds is 24. The van der Waals surface area contributed by atoms with E-state index in [4.69, 9.17) is 10.7 Å². The second-order valence-electron chi connectivity index (χ2n) is 34.1. The monoisotopic (exact) mass is 1950 g/mol. The maximum atomic E-state index is 11.9. The molecule has 2 aliphatic heterocycles. The Labute approximate surface area is 829 Å². The van der Waals surface area contributed by atoms with E-state index in [0.29, 0.717) is 34.8 Å². The molecular weight excluding hydrogens is 1860 g/mol. The SMILES string of the molecule is CNCCc1cn2c(-c3cnn(C)c3)cnc2c(Nc2ccc(-n3ccnc3)cc2)n1.Cn1cc(-c2cnc3c(Nc4cc(C5CCCNC5)ns4)nccn23)cn1.Cn1cc(-c2cnc3c(Nc4cc(C5CCNCC5)ns4)nccn23)cn1.Cn1cc(-c2cnc3c(Nc4ccc(-n5ccnc5)cc4)nc(C#N)cn23)cn1.Cn1cc(-c2cnc3c(Nc4ccc(-n5ccnc5)cc4)nc(C(N)=O)cn23)cn1. The number of hydrogen-bond acceptors (Lipinski definition) is 32. The van der Waals surface area contributed by atoms with Crippen molar-refractivity contribution in [3.63, 3.8) is 0 Å². The summed E-state index contributed by atoms with van der Waals surface area (Å²) in [4.78, 5) is 69.5. The summed E-state index contributed by atoms with van der Waals surface area (Å²) in [6, 6.07) is 30.1. The smallest absolute Gasteiger partial charge is 0.268 e. The van der Waals surface area contributed by atoms with Crippen LogP contribution in [0.2, 0.25) is 0 Å². The van der Waals surface area contributed by atoms with Gasteiger partial charge in [-0.2, -0.15) is 39.5 Å². The molecule has 0 bridgehead atoms. The Kier molecular flexibility index (Phi) is 26.4. The van der Waals surface area contributed by atoms with Crippen LogP contribution < -0.4 is 48.3 Å². The number of benzene rings is 3. The second-order valence-corrected chi connectivity index (χ2v) is 35.7. The van der Waals surface area contributed by atoms with Gasteiger partial charge in [-0.25, -0.2) is 64.8 Å². The van der Waals surface area contributed by atoms with Crippen LogP contribution in [0.5, 0.6) is 0 Å². The van der Waals surface area contributed by atoms with E-state index < -0.39 is 5.91 Å². The number of likely N-dealkylation sites (N-methyl/N-ethyl adjacent to an activating group) is 1. The number of anilines is 10. The zero-order chi connectivity index (χ0) is 98.1. The summed E-state index contributed by atoms with van der Waals surface area (Å²) >= 11 is 2.96. The van der Waals surface area contributed by atoms with Crippen LogP contribution in [0.4, 0.5) is 56.2 Å². The second kappa shape index (κ2) is 41.3. The predicted molar refractivity (Wildman–Crippen MR) is 548 cm³/mol. The largest absolute Gasteiger partial charge is 0.364 e. The summed E-state index contributed by atoms with van der Waals surface area (Å²) in [6.07, 6.45) is 62.1. The van der Waals surface area contributed by atoms with Crippen molar-refractivity contribution in [2.24, 2.45) is 41.0 Å². The van der Waals surface area contributed by atoms with Gasteiger partial charge in [0.05, 0.1) is 127 Å². The van der Waals surface area contributed by atoms with Crippen LogP contribution in [0, 0.1) is 11.3 Å². The number of nitrogens with two attached hydrogens (primary N) is 1. The lowest BCUT2D eigenvalue weighted by Gasteiger charge is -2.20. The lowest BCUT2D eigenvalue weighted by atomic mass is 9.95. The molecule has 22 heterocycles. The summed E-state index contributed by atoms with van der Waals surface area (Å²) in [6.45, 7) is 5.09. The molecule has 0 spiro atoms. The Morgan fingerprint density at radius 3 is 1.18 bits per heavy atom. The summed E-state index contributed by atoms with van der Waals surface area (Å²) < 4.78 is 33.7. The molecule has 2 saturated heterocycles. The Bertz CT molecular complexity index is 8210. The Hall–Kier alpha value is -18.5. The minimum Gasteiger partial charge on any atom is -0.364 e. The third kappa shape index (κ3) is 20.3. The average molecular weight is 1960 g/mol. The van der Waals surface area contributed by atoms with E-state index in [1.165, 1.54) is 41.6 Å². The van der Waals surface area contributed by atoms with Gasteiger partial charge in [0.25, 0.3) is 5.91 Å². The fraction of sp³-hybridized carbons (Fsp3) is 0.184. The normalized spacial score (nSPS) is 13.1.